The smallest absolute Gasteiger partial charge is 0.315 e. The molecule has 0 aromatic carbocycles. The second-order valence-electron chi connectivity index (χ2n) is 7.95. The van der Waals surface area contributed by atoms with E-state index in [1.165, 1.54) is 32.2 Å². The van der Waals surface area contributed by atoms with Gasteiger partial charge in [0.2, 0.25) is 0 Å². The summed E-state index contributed by atoms with van der Waals surface area (Å²) in [5, 5.41) is 18.0. The molecule has 8 heteroatoms. The molecule has 2 saturated carbocycles. The third kappa shape index (κ3) is 4.11. The number of urea groups is 1. The van der Waals surface area contributed by atoms with Crippen molar-refractivity contribution in [3.8, 4) is 0 Å². The molecule has 1 saturated heterocycles. The van der Waals surface area contributed by atoms with Crippen LogP contribution in [-0.2, 0) is 0 Å². The molecule has 1 aromatic heterocycles. The molecule has 3 aliphatic rings. The van der Waals surface area contributed by atoms with E-state index in [4.69, 9.17) is 0 Å². The van der Waals surface area contributed by atoms with Crippen LogP contribution in [0.25, 0.3) is 0 Å². The molecule has 0 bridgehead atoms. The standard InChI is InChI=1S/C17H29N7O/c1-12(16-20-21-22-24(16)15-6-7-15)18-17(25)19-14-8-9-23(11-14)10-13-4-2-3-5-13/h12-15H,2-11H2,1H3,(H2,18,19,25)/t12-,14+/m0/s1. The van der Waals surface area contributed by atoms with Crippen LogP contribution in [0.15, 0.2) is 0 Å². The average Bonchev–Trinajstić information content (AvgIpc) is 3.01. The summed E-state index contributed by atoms with van der Waals surface area (Å²) in [6.45, 7) is 5.20. The van der Waals surface area contributed by atoms with E-state index in [1.54, 1.807) is 0 Å². The van der Waals surface area contributed by atoms with Gasteiger partial charge >= 0.3 is 6.03 Å². The van der Waals surface area contributed by atoms with Crippen LogP contribution < -0.4 is 10.6 Å². The maximum Gasteiger partial charge on any atom is 0.315 e. The fourth-order valence-corrected chi connectivity index (χ4v) is 4.23. The Morgan fingerprint density at radius 1 is 1.24 bits per heavy atom. The molecule has 2 atom stereocenters. The highest BCUT2D eigenvalue weighted by Gasteiger charge is 2.31. The fraction of sp³-hybridized carbons (Fsp3) is 0.882. The molecule has 2 amide bonds. The van der Waals surface area contributed by atoms with Crippen molar-refractivity contribution in [1.29, 1.82) is 0 Å². The van der Waals surface area contributed by atoms with Crippen molar-refractivity contribution in [2.45, 2.75) is 70.0 Å². The Labute approximate surface area is 148 Å². The Balaban J connectivity index is 1.22. The van der Waals surface area contributed by atoms with Gasteiger partial charge in [0.1, 0.15) is 0 Å². The first-order valence-corrected chi connectivity index (χ1v) is 9.76. The van der Waals surface area contributed by atoms with Gasteiger partial charge in [0.05, 0.1) is 12.1 Å². The lowest BCUT2D eigenvalue weighted by molar-refractivity contribution is 0.231. The lowest BCUT2D eigenvalue weighted by Gasteiger charge is -2.21. The largest absolute Gasteiger partial charge is 0.334 e. The first-order chi connectivity index (χ1) is 12.2. The minimum Gasteiger partial charge on any atom is -0.334 e. The zero-order chi connectivity index (χ0) is 17.2. The van der Waals surface area contributed by atoms with Gasteiger partial charge in [-0.25, -0.2) is 9.48 Å². The maximum absolute atomic E-state index is 12.3. The summed E-state index contributed by atoms with van der Waals surface area (Å²) in [5.41, 5.74) is 0. The number of amides is 2. The molecule has 2 N–H and O–H groups in total. The second kappa shape index (κ2) is 7.27. The quantitative estimate of drug-likeness (QED) is 0.817. The van der Waals surface area contributed by atoms with Crippen LogP contribution in [0.3, 0.4) is 0 Å². The van der Waals surface area contributed by atoms with Gasteiger partial charge in [-0.3, -0.25) is 0 Å². The van der Waals surface area contributed by atoms with E-state index in [9.17, 15) is 4.79 Å². The van der Waals surface area contributed by atoms with Crippen molar-refractivity contribution < 1.29 is 4.79 Å². The van der Waals surface area contributed by atoms with Gasteiger partial charge in [0.25, 0.3) is 0 Å². The molecule has 1 aromatic rings. The molecule has 0 unspecified atom stereocenters. The zero-order valence-corrected chi connectivity index (χ0v) is 15.0. The van der Waals surface area contributed by atoms with E-state index in [2.05, 4.69) is 31.1 Å². The van der Waals surface area contributed by atoms with Crippen LogP contribution in [0.1, 0.15) is 69.8 Å². The normalized spacial score (nSPS) is 26.0. The summed E-state index contributed by atoms with van der Waals surface area (Å²) in [5.74, 6) is 1.61. The van der Waals surface area contributed by atoms with Gasteiger partial charge in [-0.1, -0.05) is 12.8 Å². The Bertz CT molecular complexity index is 594. The number of carbonyl (C=O) groups is 1. The first-order valence-electron chi connectivity index (χ1n) is 9.76. The summed E-state index contributed by atoms with van der Waals surface area (Å²) in [7, 11) is 0. The van der Waals surface area contributed by atoms with Gasteiger partial charge in [-0.15, -0.1) is 5.10 Å². The molecular formula is C17H29N7O. The number of hydrogen-bond acceptors (Lipinski definition) is 5. The van der Waals surface area contributed by atoms with Gasteiger partial charge < -0.3 is 15.5 Å². The molecule has 25 heavy (non-hydrogen) atoms. The SMILES string of the molecule is C[C@H](NC(=O)N[C@@H]1CCN(CC2CCCC2)C1)c1nnnn1C1CC1. The molecule has 138 valence electrons. The Hall–Kier alpha value is -1.70. The molecule has 3 fully saturated rings. The number of nitrogens with zero attached hydrogens (tertiary/aromatic N) is 5. The number of nitrogens with one attached hydrogen (secondary N) is 2. The lowest BCUT2D eigenvalue weighted by atomic mass is 10.1. The van der Waals surface area contributed by atoms with Crippen LogP contribution >= 0.6 is 0 Å². The predicted octanol–water partition coefficient (Wildman–Crippen LogP) is 1.63. The highest BCUT2D eigenvalue weighted by Crippen LogP contribution is 2.35. The summed E-state index contributed by atoms with van der Waals surface area (Å²) >= 11 is 0. The third-order valence-corrected chi connectivity index (χ3v) is 5.74. The minimum absolute atomic E-state index is 0.120. The Morgan fingerprint density at radius 2 is 2.04 bits per heavy atom. The highest BCUT2D eigenvalue weighted by molar-refractivity contribution is 5.74. The van der Waals surface area contributed by atoms with Crippen LogP contribution in [0.4, 0.5) is 4.79 Å². The Kier molecular flexibility index (Phi) is 4.87. The lowest BCUT2D eigenvalue weighted by Crippen LogP contribution is -2.44. The number of hydrogen-bond donors (Lipinski definition) is 2. The van der Waals surface area contributed by atoms with E-state index >= 15 is 0 Å². The second-order valence-corrected chi connectivity index (χ2v) is 7.95. The molecular weight excluding hydrogens is 318 g/mol. The zero-order valence-electron chi connectivity index (χ0n) is 15.0. The van der Waals surface area contributed by atoms with E-state index in [1.807, 2.05) is 11.6 Å². The van der Waals surface area contributed by atoms with E-state index in [0.29, 0.717) is 6.04 Å². The molecule has 0 radical (unpaired) electrons. The predicted molar refractivity (Wildman–Crippen MR) is 93.0 cm³/mol. The number of carbonyl (C=O) groups excluding carboxylic acids is 1. The first kappa shape index (κ1) is 16.8. The summed E-state index contributed by atoms with van der Waals surface area (Å²) in [6, 6.07) is 0.349. The summed E-state index contributed by atoms with van der Waals surface area (Å²) in [6.07, 6.45) is 8.81. The number of tetrazole rings is 1. The molecule has 0 spiro atoms. The molecule has 8 nitrogen and oxygen atoms in total. The topological polar surface area (TPSA) is 88.0 Å². The number of rotatable bonds is 6. The van der Waals surface area contributed by atoms with E-state index in [0.717, 1.165) is 44.1 Å². The summed E-state index contributed by atoms with van der Waals surface area (Å²) in [4.78, 5) is 14.8. The molecule has 2 heterocycles. The summed E-state index contributed by atoms with van der Waals surface area (Å²) < 4.78 is 1.85. The maximum atomic E-state index is 12.3. The van der Waals surface area contributed by atoms with Gasteiger partial charge in [0, 0.05) is 25.7 Å². The molecule has 4 rings (SSSR count). The van der Waals surface area contributed by atoms with Crippen molar-refractivity contribution in [1.82, 2.24) is 35.7 Å². The van der Waals surface area contributed by atoms with Gasteiger partial charge in [-0.2, -0.15) is 0 Å². The third-order valence-electron chi connectivity index (χ3n) is 5.74. The average molecular weight is 347 g/mol. The van der Waals surface area contributed by atoms with Crippen LogP contribution in [0.2, 0.25) is 0 Å². The highest BCUT2D eigenvalue weighted by atomic mass is 16.2. The monoisotopic (exact) mass is 347 g/mol. The van der Waals surface area contributed by atoms with Gasteiger partial charge in [0.15, 0.2) is 5.82 Å². The van der Waals surface area contributed by atoms with Crippen molar-refractivity contribution in [3.05, 3.63) is 5.82 Å². The van der Waals surface area contributed by atoms with Crippen molar-refractivity contribution in [2.75, 3.05) is 19.6 Å². The fourth-order valence-electron chi connectivity index (χ4n) is 4.23. The number of likely N-dealkylation sites (tertiary alicyclic amines) is 1. The van der Waals surface area contributed by atoms with Crippen LogP contribution in [0.5, 0.6) is 0 Å². The van der Waals surface area contributed by atoms with E-state index in [-0.39, 0.29) is 18.1 Å². The molecule has 2 aliphatic carbocycles. The van der Waals surface area contributed by atoms with E-state index < -0.39 is 0 Å². The van der Waals surface area contributed by atoms with Gasteiger partial charge in [-0.05, 0) is 55.4 Å². The van der Waals surface area contributed by atoms with Crippen molar-refractivity contribution in [2.24, 2.45) is 5.92 Å². The minimum atomic E-state index is -0.188. The molecule has 1 aliphatic heterocycles. The van der Waals surface area contributed by atoms with Crippen molar-refractivity contribution >= 4 is 6.03 Å². The number of aromatic nitrogens is 4. The Morgan fingerprint density at radius 3 is 2.80 bits per heavy atom. The van der Waals surface area contributed by atoms with Crippen LogP contribution in [-0.4, -0.2) is 56.8 Å². The van der Waals surface area contributed by atoms with Crippen molar-refractivity contribution in [3.63, 3.8) is 0 Å². The van der Waals surface area contributed by atoms with Crippen LogP contribution in [0, 0.1) is 5.92 Å².